The molecule has 0 fully saturated rings. The molecule has 1 aromatic rings. The monoisotopic (exact) mass is 261 g/mol. The molecule has 0 saturated heterocycles. The highest BCUT2D eigenvalue weighted by atomic mass is 16.1. The van der Waals surface area contributed by atoms with Crippen molar-refractivity contribution in [2.24, 2.45) is 5.92 Å². The predicted molar refractivity (Wildman–Crippen MR) is 81.2 cm³/mol. The van der Waals surface area contributed by atoms with Gasteiger partial charge in [-0.05, 0) is 24.3 Å². The van der Waals surface area contributed by atoms with Crippen molar-refractivity contribution in [3.05, 3.63) is 35.9 Å². The van der Waals surface area contributed by atoms with Crippen molar-refractivity contribution in [2.75, 3.05) is 6.54 Å². The lowest BCUT2D eigenvalue weighted by Crippen LogP contribution is -2.32. The van der Waals surface area contributed by atoms with Gasteiger partial charge in [-0.2, -0.15) is 0 Å². The molecule has 0 saturated carbocycles. The van der Waals surface area contributed by atoms with Crippen LogP contribution in [-0.2, 0) is 4.79 Å². The topological polar surface area (TPSA) is 29.1 Å². The Bertz CT molecular complexity index is 361. The number of carbonyl (C=O) groups excluding carboxylic acids is 1. The minimum Gasteiger partial charge on any atom is -0.355 e. The van der Waals surface area contributed by atoms with Crippen LogP contribution in [0.25, 0.3) is 0 Å². The number of nitrogens with one attached hydrogen (secondary N) is 1. The van der Waals surface area contributed by atoms with Gasteiger partial charge < -0.3 is 5.32 Å². The Balaban J connectivity index is 2.47. The van der Waals surface area contributed by atoms with Crippen molar-refractivity contribution < 1.29 is 4.79 Å². The van der Waals surface area contributed by atoms with Crippen LogP contribution in [0.3, 0.4) is 0 Å². The normalized spacial score (nSPS) is 13.8. The number of rotatable bonds is 8. The Morgan fingerprint density at radius 3 is 2.47 bits per heavy atom. The van der Waals surface area contributed by atoms with Crippen LogP contribution in [-0.4, -0.2) is 12.5 Å². The summed E-state index contributed by atoms with van der Waals surface area (Å²) in [6.45, 7) is 7.27. The molecule has 1 amide bonds. The van der Waals surface area contributed by atoms with Crippen LogP contribution in [0.15, 0.2) is 30.3 Å². The number of amides is 1. The molecule has 1 rings (SSSR count). The SMILES string of the molecule is CCCCC(C)CNC(=O)C(CC)c1ccccc1. The second kappa shape index (κ2) is 8.73. The third-order valence-electron chi connectivity index (χ3n) is 3.60. The van der Waals surface area contributed by atoms with Crippen LogP contribution in [0.1, 0.15) is 57.9 Å². The van der Waals surface area contributed by atoms with Crippen molar-refractivity contribution in [1.29, 1.82) is 0 Å². The molecule has 2 heteroatoms. The summed E-state index contributed by atoms with van der Waals surface area (Å²) in [5.74, 6) is 0.716. The van der Waals surface area contributed by atoms with Crippen molar-refractivity contribution in [1.82, 2.24) is 5.32 Å². The number of benzene rings is 1. The summed E-state index contributed by atoms with van der Waals surface area (Å²) in [4.78, 5) is 12.2. The highest BCUT2D eigenvalue weighted by Crippen LogP contribution is 2.19. The molecule has 1 aromatic carbocycles. The van der Waals surface area contributed by atoms with E-state index >= 15 is 0 Å². The summed E-state index contributed by atoms with van der Waals surface area (Å²) in [5, 5.41) is 3.10. The van der Waals surface area contributed by atoms with Gasteiger partial charge in [-0.15, -0.1) is 0 Å². The van der Waals surface area contributed by atoms with E-state index in [1.807, 2.05) is 30.3 Å². The fourth-order valence-electron chi connectivity index (χ4n) is 2.31. The Morgan fingerprint density at radius 2 is 1.89 bits per heavy atom. The fourth-order valence-corrected chi connectivity index (χ4v) is 2.31. The lowest BCUT2D eigenvalue weighted by molar-refractivity contribution is -0.122. The Hall–Kier alpha value is -1.31. The molecule has 0 aliphatic rings. The summed E-state index contributed by atoms with van der Waals surface area (Å²) in [6, 6.07) is 10.0. The van der Waals surface area contributed by atoms with Crippen molar-refractivity contribution in [2.45, 2.75) is 52.4 Å². The first-order valence-electron chi connectivity index (χ1n) is 7.51. The van der Waals surface area contributed by atoms with E-state index < -0.39 is 0 Å². The molecular weight excluding hydrogens is 234 g/mol. The molecule has 19 heavy (non-hydrogen) atoms. The van der Waals surface area contributed by atoms with Gasteiger partial charge >= 0.3 is 0 Å². The second-order valence-corrected chi connectivity index (χ2v) is 5.36. The van der Waals surface area contributed by atoms with E-state index in [-0.39, 0.29) is 11.8 Å². The highest BCUT2D eigenvalue weighted by Gasteiger charge is 2.18. The smallest absolute Gasteiger partial charge is 0.227 e. The van der Waals surface area contributed by atoms with Gasteiger partial charge in [0.1, 0.15) is 0 Å². The highest BCUT2D eigenvalue weighted by molar-refractivity contribution is 5.83. The van der Waals surface area contributed by atoms with Crippen molar-refractivity contribution in [3.63, 3.8) is 0 Å². The van der Waals surface area contributed by atoms with E-state index in [2.05, 4.69) is 26.1 Å². The van der Waals surface area contributed by atoms with Gasteiger partial charge in [-0.3, -0.25) is 4.79 Å². The maximum atomic E-state index is 12.2. The molecule has 106 valence electrons. The Kier molecular flexibility index (Phi) is 7.24. The van der Waals surface area contributed by atoms with Crippen LogP contribution >= 0.6 is 0 Å². The number of unbranched alkanes of at least 4 members (excludes halogenated alkanes) is 1. The largest absolute Gasteiger partial charge is 0.355 e. The summed E-state index contributed by atoms with van der Waals surface area (Å²) >= 11 is 0. The Morgan fingerprint density at radius 1 is 1.21 bits per heavy atom. The molecule has 0 aliphatic heterocycles. The molecule has 0 aromatic heterocycles. The van der Waals surface area contributed by atoms with Crippen LogP contribution in [0.4, 0.5) is 0 Å². The van der Waals surface area contributed by atoms with Gasteiger partial charge in [0, 0.05) is 6.54 Å². The van der Waals surface area contributed by atoms with Gasteiger partial charge in [0.05, 0.1) is 5.92 Å². The maximum absolute atomic E-state index is 12.2. The first kappa shape index (κ1) is 15.7. The summed E-state index contributed by atoms with van der Waals surface area (Å²) in [5.41, 5.74) is 1.11. The first-order valence-corrected chi connectivity index (χ1v) is 7.51. The van der Waals surface area contributed by atoms with Gasteiger partial charge in [0.25, 0.3) is 0 Å². The van der Waals surface area contributed by atoms with E-state index in [9.17, 15) is 4.79 Å². The summed E-state index contributed by atoms with van der Waals surface area (Å²) < 4.78 is 0. The molecule has 2 atom stereocenters. The van der Waals surface area contributed by atoms with Crippen molar-refractivity contribution >= 4 is 5.91 Å². The average Bonchev–Trinajstić information content (AvgIpc) is 2.45. The molecule has 0 aliphatic carbocycles. The van der Waals surface area contributed by atoms with Crippen molar-refractivity contribution in [3.8, 4) is 0 Å². The third-order valence-corrected chi connectivity index (χ3v) is 3.60. The third kappa shape index (κ3) is 5.46. The van der Waals surface area contributed by atoms with Crippen LogP contribution < -0.4 is 5.32 Å². The van der Waals surface area contributed by atoms with Gasteiger partial charge in [-0.1, -0.05) is 63.9 Å². The lowest BCUT2D eigenvalue weighted by atomic mass is 9.95. The standard InChI is InChI=1S/C17H27NO/c1-4-6-10-14(3)13-18-17(19)16(5-2)15-11-8-7-9-12-15/h7-9,11-12,14,16H,4-6,10,13H2,1-3H3,(H,18,19). The molecule has 0 bridgehead atoms. The average molecular weight is 261 g/mol. The van der Waals surface area contributed by atoms with E-state index in [1.54, 1.807) is 0 Å². The van der Waals surface area contributed by atoms with Crippen LogP contribution in [0.2, 0.25) is 0 Å². The fraction of sp³-hybridized carbons (Fsp3) is 0.588. The molecule has 0 radical (unpaired) electrons. The quantitative estimate of drug-likeness (QED) is 0.749. The Labute approximate surface area is 117 Å². The van der Waals surface area contributed by atoms with Crippen LogP contribution in [0, 0.1) is 5.92 Å². The zero-order chi connectivity index (χ0) is 14.1. The van der Waals surface area contributed by atoms with E-state index in [0.717, 1.165) is 18.5 Å². The number of hydrogen-bond acceptors (Lipinski definition) is 1. The minimum atomic E-state index is -0.0143. The molecule has 2 unspecified atom stereocenters. The zero-order valence-electron chi connectivity index (χ0n) is 12.5. The summed E-state index contributed by atoms with van der Waals surface area (Å²) in [7, 11) is 0. The molecular formula is C17H27NO. The predicted octanol–water partition coefficient (Wildman–Crippen LogP) is 4.12. The van der Waals surface area contributed by atoms with E-state index in [4.69, 9.17) is 0 Å². The maximum Gasteiger partial charge on any atom is 0.227 e. The van der Waals surface area contributed by atoms with E-state index in [1.165, 1.54) is 19.3 Å². The molecule has 1 N–H and O–H groups in total. The lowest BCUT2D eigenvalue weighted by Gasteiger charge is -2.17. The molecule has 2 nitrogen and oxygen atoms in total. The van der Waals surface area contributed by atoms with Gasteiger partial charge in [0.2, 0.25) is 5.91 Å². The molecule has 0 spiro atoms. The van der Waals surface area contributed by atoms with Crippen LogP contribution in [0.5, 0.6) is 0 Å². The minimum absolute atomic E-state index is 0.0143. The van der Waals surface area contributed by atoms with E-state index in [0.29, 0.717) is 5.92 Å². The van der Waals surface area contributed by atoms with Gasteiger partial charge in [-0.25, -0.2) is 0 Å². The first-order chi connectivity index (χ1) is 9.19. The summed E-state index contributed by atoms with van der Waals surface area (Å²) in [6.07, 6.45) is 4.50. The second-order valence-electron chi connectivity index (χ2n) is 5.36. The molecule has 0 heterocycles. The van der Waals surface area contributed by atoms with Gasteiger partial charge in [0.15, 0.2) is 0 Å². The zero-order valence-corrected chi connectivity index (χ0v) is 12.5. The number of carbonyl (C=O) groups is 1. The number of hydrogen-bond donors (Lipinski definition) is 1.